The molecule has 4 heterocycles. The second-order valence-corrected chi connectivity index (χ2v) is 39.1. The second-order valence-electron chi connectivity index (χ2n) is 34.1. The molecule has 1 aromatic heterocycles. The van der Waals surface area contributed by atoms with Gasteiger partial charge in [-0.3, -0.25) is 57.6 Å². The Morgan fingerprint density at radius 3 is 1.82 bits per heavy atom. The van der Waals surface area contributed by atoms with Crippen LogP contribution in [0.15, 0.2) is 34.1 Å². The van der Waals surface area contributed by atoms with Crippen molar-refractivity contribution in [3.05, 3.63) is 68.9 Å². The van der Waals surface area contributed by atoms with Crippen LogP contribution in [-0.2, 0) is 102 Å². The first-order valence-corrected chi connectivity index (χ1v) is 42.8. The van der Waals surface area contributed by atoms with Crippen molar-refractivity contribution in [2.45, 2.75) is 259 Å². The number of fused-ring (bicyclic) bond motifs is 2. The zero-order valence-electron chi connectivity index (χ0n) is 68.6. The minimum atomic E-state index is -4.86. The molecular formula is C78H122N10O20S3. The summed E-state index contributed by atoms with van der Waals surface area (Å²) in [5, 5.41) is 10.2. The number of nitrogens with zero attached hydrogens (tertiary/aromatic N) is 5. The number of Topliss-reactive ketones (excluding diaryl/α,β-unsaturated/α-hetero) is 1. The number of pyridine rings is 1. The molecular weight excluding hydrogens is 1490 g/mol. The monoisotopic (exact) mass is 1610 g/mol. The maximum atomic E-state index is 14.7. The largest absolute Gasteiger partial charge is 0.494 e. The van der Waals surface area contributed by atoms with Crippen molar-refractivity contribution < 1.29 is 91.8 Å². The highest BCUT2D eigenvalue weighted by atomic mass is 32.2. The molecule has 111 heavy (non-hydrogen) atoms. The van der Waals surface area contributed by atoms with Gasteiger partial charge in [-0.15, -0.1) is 0 Å². The van der Waals surface area contributed by atoms with Gasteiger partial charge in [0.2, 0.25) is 33.7 Å². The first-order valence-electron chi connectivity index (χ1n) is 38.2. The van der Waals surface area contributed by atoms with Crippen LogP contribution in [-0.4, -0.2) is 228 Å². The molecule has 622 valence electrons. The number of ether oxygens (including phenoxy) is 5. The third-order valence-electron chi connectivity index (χ3n) is 18.6. The summed E-state index contributed by atoms with van der Waals surface area (Å²) in [6.45, 7) is 35.2. The van der Waals surface area contributed by atoms with E-state index in [-0.39, 0.29) is 116 Å². The molecule has 1 saturated heterocycles. The molecule has 0 saturated carbocycles. The fourth-order valence-electron chi connectivity index (χ4n) is 13.7. The molecule has 3 aromatic rings. The second kappa shape index (κ2) is 38.6. The van der Waals surface area contributed by atoms with Gasteiger partial charge in [0.1, 0.15) is 69.4 Å². The lowest BCUT2D eigenvalue weighted by atomic mass is 9.90. The van der Waals surface area contributed by atoms with Gasteiger partial charge in [-0.05, 0) is 213 Å². The van der Waals surface area contributed by atoms with Crippen LogP contribution in [0, 0.1) is 40.0 Å². The molecule has 3 aliphatic heterocycles. The number of carbonyl (C=O) groups is 8. The molecule has 30 nitrogen and oxygen atoms in total. The van der Waals surface area contributed by atoms with Crippen LogP contribution in [0.5, 0.6) is 11.5 Å². The number of rotatable bonds is 35. The highest BCUT2D eigenvalue weighted by Crippen LogP contribution is 2.45. The van der Waals surface area contributed by atoms with E-state index in [1.54, 1.807) is 76.2 Å². The van der Waals surface area contributed by atoms with E-state index in [9.17, 15) is 68.2 Å². The van der Waals surface area contributed by atoms with Crippen molar-refractivity contribution in [2.75, 3.05) is 95.2 Å². The molecule has 0 aliphatic carbocycles. The number of carbonyl (C=O) groups excluding carboxylic acids is 8. The summed E-state index contributed by atoms with van der Waals surface area (Å²) in [5.41, 5.74) is 1.57. The lowest BCUT2D eigenvalue weighted by molar-refractivity contribution is -0.162. The van der Waals surface area contributed by atoms with Crippen LogP contribution in [0.25, 0.3) is 0 Å². The number of hydrogen-bond donors (Lipinski definition) is 6. The Morgan fingerprint density at radius 2 is 1.22 bits per heavy atom. The van der Waals surface area contributed by atoms with Gasteiger partial charge in [-0.1, -0.05) is 26.8 Å². The van der Waals surface area contributed by atoms with Crippen LogP contribution in [0.2, 0.25) is 0 Å². The normalized spacial score (nSPS) is 16.4. The molecule has 0 radical (unpaired) electrons. The lowest BCUT2D eigenvalue weighted by Crippen LogP contribution is -2.52. The quantitative estimate of drug-likeness (QED) is 0.0158. The summed E-state index contributed by atoms with van der Waals surface area (Å²) in [4.78, 5) is 118. The maximum absolute atomic E-state index is 14.7. The predicted octanol–water partition coefficient (Wildman–Crippen LogP) is 6.52. The highest BCUT2D eigenvalue weighted by Gasteiger charge is 2.41. The number of aryl methyl sites for hydroxylation is 4. The Hall–Kier alpha value is -7.40. The Kier molecular flexibility index (Phi) is 32.2. The first kappa shape index (κ1) is 92.5. The average molecular weight is 1620 g/mol. The number of amides is 4. The number of sulfonamides is 2. The Morgan fingerprint density at radius 1 is 0.640 bits per heavy atom. The molecule has 1 fully saturated rings. The van der Waals surface area contributed by atoms with Crippen LogP contribution < -0.4 is 39.8 Å². The summed E-state index contributed by atoms with van der Waals surface area (Å²) in [5.74, 6) is -4.53. The van der Waals surface area contributed by atoms with Gasteiger partial charge in [-0.2, -0.15) is 13.1 Å². The van der Waals surface area contributed by atoms with E-state index in [4.69, 9.17) is 28.7 Å². The summed E-state index contributed by atoms with van der Waals surface area (Å²) in [6.07, 6.45) is 3.12. The first-order chi connectivity index (χ1) is 51.2. The maximum Gasteiger partial charge on any atom is 0.326 e. The number of aromatic nitrogens is 1. The van der Waals surface area contributed by atoms with Crippen LogP contribution in [0.3, 0.4) is 0 Å². The van der Waals surface area contributed by atoms with Crippen molar-refractivity contribution in [2.24, 2.45) is 5.41 Å². The third-order valence-corrected chi connectivity index (χ3v) is 23.2. The number of nitrogens with one attached hydrogen (secondary N) is 5. The van der Waals surface area contributed by atoms with Crippen molar-refractivity contribution in [3.63, 3.8) is 0 Å². The fraction of sp³-hybridized carbons (Fsp3) is 0.679. The van der Waals surface area contributed by atoms with Gasteiger partial charge >= 0.3 is 17.9 Å². The minimum absolute atomic E-state index is 0.0101. The lowest BCUT2D eigenvalue weighted by Gasteiger charge is -2.34. The van der Waals surface area contributed by atoms with Gasteiger partial charge in [-0.25, -0.2) is 26.1 Å². The Labute approximate surface area is 657 Å². The Balaban J connectivity index is 0.981. The molecule has 2 aromatic carbocycles. The molecule has 4 amide bonds. The molecule has 3 atom stereocenters. The number of hydrogen-bond acceptors (Lipinski definition) is 23. The number of anilines is 1. The van der Waals surface area contributed by atoms with E-state index < -0.39 is 131 Å². The smallest absolute Gasteiger partial charge is 0.326 e. The van der Waals surface area contributed by atoms with Crippen molar-refractivity contribution in [1.29, 1.82) is 0 Å². The van der Waals surface area contributed by atoms with E-state index in [1.807, 2.05) is 82.2 Å². The standard InChI is InChI=1S/C78H122N10O20S3/c1-50-42-58(43-51(2)68(50)110(100,101)84-60(72(95)107-76(12,13)14)46-81-64(91)26-21-20-25-56-29-28-55-24-22-34-88(70(55)82-56)111(102,103)69-53(4)52(3)67-59(54(69)5)45-78(18,19)106-67)104-41-23-27-63(90)79-32-33-80-71(94)61(49-109(97,98)99)83-65(92)31-30-62(73(96)108-77(15,16)17)87-39-37-85(47-57(89)44-74(6,7)8)35-36-86(38-40-87)48-66(93)105-75(9,10)11/h28-29,42-43,60-62,84H,20-27,30-41,44-49H2,1-19H3,(H,79,90)(H,80,94)(H,81,91)(H,83,92)(H,97,98,99)/t60-,61?,62?/m1/s1. The molecule has 0 bridgehead atoms. The highest BCUT2D eigenvalue weighted by molar-refractivity contribution is 7.93. The van der Waals surface area contributed by atoms with Gasteiger partial charge in [0.25, 0.3) is 20.1 Å². The molecule has 6 rings (SSSR count). The summed E-state index contributed by atoms with van der Waals surface area (Å²) in [6, 6.07) is 2.36. The fourth-order valence-corrected chi connectivity index (χ4v) is 18.0. The summed E-state index contributed by atoms with van der Waals surface area (Å²) in [7, 11) is -13.4. The topological polar surface area (TPSA) is 391 Å². The van der Waals surface area contributed by atoms with Crippen molar-refractivity contribution in [3.8, 4) is 11.5 Å². The van der Waals surface area contributed by atoms with E-state index in [0.29, 0.717) is 93.8 Å². The van der Waals surface area contributed by atoms with E-state index >= 15 is 0 Å². The van der Waals surface area contributed by atoms with Crippen molar-refractivity contribution in [1.82, 2.24) is 45.7 Å². The molecule has 0 spiro atoms. The predicted molar refractivity (Wildman–Crippen MR) is 420 cm³/mol. The van der Waals surface area contributed by atoms with E-state index in [2.05, 4.69) is 26.0 Å². The van der Waals surface area contributed by atoms with E-state index in [0.717, 1.165) is 22.4 Å². The number of benzene rings is 2. The number of ketones is 1. The van der Waals surface area contributed by atoms with E-state index in [1.165, 1.54) is 16.4 Å². The zero-order valence-corrected chi connectivity index (χ0v) is 71.0. The Bertz CT molecular complexity index is 4150. The molecule has 2 unspecified atom stereocenters. The summed E-state index contributed by atoms with van der Waals surface area (Å²) >= 11 is 0. The number of esters is 3. The average Bonchev–Trinajstić information content (AvgIpc) is 1.70. The minimum Gasteiger partial charge on any atom is -0.494 e. The molecule has 3 aliphatic rings. The molecule has 6 N–H and O–H groups in total. The summed E-state index contributed by atoms with van der Waals surface area (Å²) < 4.78 is 125. The SMILES string of the molecule is Cc1cc(OCCCC(=O)NCCNC(=O)C(CS(=O)(=O)O)NC(=O)CCC(C(=O)OC(C)(C)C)N2CCN(CC(=O)CC(C)(C)C)CCN(CC(=O)OC(C)(C)C)CC2)cc(C)c1S(=O)(=O)N[C@H](CNC(=O)CCCCc1ccc2c(n1)N(S(=O)(=O)c1c(C)c(C)c3c(c1C)CC(C)(C)O3)CCC2)C(=O)OC(C)(C)C. The van der Waals surface area contributed by atoms with Crippen LogP contribution in [0.1, 0.15) is 199 Å². The van der Waals surface area contributed by atoms with Gasteiger partial charge in [0.15, 0.2) is 0 Å². The number of unbranched alkanes of at least 4 members (excludes halogenated alkanes) is 1. The van der Waals surface area contributed by atoms with Crippen molar-refractivity contribution >= 4 is 83.3 Å². The van der Waals surface area contributed by atoms with Gasteiger partial charge in [0.05, 0.1) is 29.5 Å². The molecule has 33 heteroatoms. The van der Waals surface area contributed by atoms with Gasteiger partial charge in [0, 0.05) is 109 Å². The third kappa shape index (κ3) is 29.5. The van der Waals surface area contributed by atoms with Crippen LogP contribution in [0.4, 0.5) is 5.82 Å². The van der Waals surface area contributed by atoms with Crippen LogP contribution >= 0.6 is 0 Å². The van der Waals surface area contributed by atoms with Gasteiger partial charge < -0.3 is 45.0 Å². The zero-order chi connectivity index (χ0) is 83.2.